The summed E-state index contributed by atoms with van der Waals surface area (Å²) in [6.45, 7) is 2.94. The summed E-state index contributed by atoms with van der Waals surface area (Å²) in [6.07, 6.45) is 0. The maximum absolute atomic E-state index is 11.2. The summed E-state index contributed by atoms with van der Waals surface area (Å²) >= 11 is 0. The number of hydrogen-bond acceptors (Lipinski definition) is 6. The quantitative estimate of drug-likeness (QED) is 0.294. The zero-order valence-corrected chi connectivity index (χ0v) is 9.98. The number of esters is 2. The van der Waals surface area contributed by atoms with Crippen molar-refractivity contribution in [3.05, 3.63) is 0 Å². The second kappa shape index (κ2) is 7.03. The fraction of sp³-hybridized carbons (Fsp3) is 0.444. The molecule has 0 fully saturated rings. The van der Waals surface area contributed by atoms with Gasteiger partial charge in [-0.3, -0.25) is 19.2 Å². The number of ether oxygens (including phenoxy) is 1. The number of Topliss-reactive ketones (excluding diaryl/α,β-unsaturated/α-hetero) is 3. The molecule has 0 aliphatic heterocycles. The van der Waals surface area contributed by atoms with Crippen molar-refractivity contribution in [1.29, 1.82) is 0 Å². The number of ketones is 3. The molecule has 0 bridgehead atoms. The molecule has 0 radical (unpaired) electrons. The van der Waals surface area contributed by atoms with Crippen molar-refractivity contribution in [2.75, 3.05) is 0 Å². The molecule has 0 aromatic carbocycles. The summed E-state index contributed by atoms with van der Waals surface area (Å²) in [6, 6.07) is 0. The number of carbonyl (C=O) groups is 5. The molecule has 7 heteroatoms. The van der Waals surface area contributed by atoms with Crippen molar-refractivity contribution in [2.45, 2.75) is 20.8 Å². The van der Waals surface area contributed by atoms with Gasteiger partial charge < -0.3 is 4.74 Å². The molecule has 0 N–H and O–H groups in total. The first-order valence-electron chi connectivity index (χ1n) is 4.04. The number of rotatable bonds is 4. The van der Waals surface area contributed by atoms with Crippen LogP contribution in [0.15, 0.2) is 0 Å². The van der Waals surface area contributed by atoms with Crippen molar-refractivity contribution >= 4 is 29.3 Å². The van der Waals surface area contributed by atoms with Crippen LogP contribution in [-0.2, 0) is 45.8 Å². The smallest absolute Gasteiger partial charge is 0.383 e. The molecule has 0 heterocycles. The van der Waals surface area contributed by atoms with Crippen LogP contribution in [-0.4, -0.2) is 29.3 Å². The van der Waals surface area contributed by atoms with Crippen LogP contribution in [0.4, 0.5) is 0 Å². The molecule has 0 rings (SSSR count). The molecule has 0 aliphatic carbocycles. The van der Waals surface area contributed by atoms with Gasteiger partial charge in [-0.05, 0) is 13.8 Å². The minimum atomic E-state index is -1.67. The minimum absolute atomic E-state index is 0. The summed E-state index contributed by atoms with van der Waals surface area (Å²) in [4.78, 5) is 54.2. The van der Waals surface area contributed by atoms with Gasteiger partial charge in [-0.15, -0.1) is 0 Å². The third kappa shape index (κ3) is 4.95. The van der Waals surface area contributed by atoms with Crippen LogP contribution in [0.25, 0.3) is 0 Å². The van der Waals surface area contributed by atoms with Crippen molar-refractivity contribution in [2.24, 2.45) is 5.92 Å². The molecule has 0 aliphatic rings. The largest absolute Gasteiger partial charge is 0.387 e. The van der Waals surface area contributed by atoms with Crippen LogP contribution in [0, 0.1) is 5.92 Å². The van der Waals surface area contributed by atoms with Gasteiger partial charge in [0.15, 0.2) is 0 Å². The van der Waals surface area contributed by atoms with E-state index in [-0.39, 0.29) is 17.1 Å². The fourth-order valence-corrected chi connectivity index (χ4v) is 0.954. The zero-order chi connectivity index (χ0) is 12.2. The maximum atomic E-state index is 11.2. The van der Waals surface area contributed by atoms with Gasteiger partial charge in [-0.25, -0.2) is 4.79 Å². The van der Waals surface area contributed by atoms with Gasteiger partial charge in [0.2, 0.25) is 0 Å². The van der Waals surface area contributed by atoms with E-state index >= 15 is 0 Å². The minimum Gasteiger partial charge on any atom is -0.387 e. The van der Waals surface area contributed by atoms with Gasteiger partial charge in [-0.1, -0.05) is 0 Å². The zero-order valence-electron chi connectivity index (χ0n) is 8.88. The van der Waals surface area contributed by atoms with Crippen molar-refractivity contribution in [3.63, 3.8) is 0 Å². The first-order valence-corrected chi connectivity index (χ1v) is 4.04. The Kier molecular flexibility index (Phi) is 7.50. The van der Waals surface area contributed by atoms with Crippen LogP contribution in [0.3, 0.4) is 0 Å². The van der Waals surface area contributed by atoms with Gasteiger partial charge >= 0.3 is 11.9 Å². The van der Waals surface area contributed by atoms with Crippen LogP contribution in [0.5, 0.6) is 0 Å². The summed E-state index contributed by atoms with van der Waals surface area (Å²) in [7, 11) is 0. The molecule has 0 saturated heterocycles. The standard InChI is InChI=1S/C9H10O6.Fe/c1-4(10)7(5(2)11)8(13)9(14)15-6(3)12;/h7H,1-3H3;. The Morgan fingerprint density at radius 3 is 1.50 bits per heavy atom. The van der Waals surface area contributed by atoms with Crippen LogP contribution < -0.4 is 0 Å². The SMILES string of the molecule is CC(=O)OC(=O)C(=O)C(C(C)=O)C(C)=O.[Fe]. The Labute approximate surface area is 102 Å². The van der Waals surface area contributed by atoms with Crippen molar-refractivity contribution in [3.8, 4) is 0 Å². The molecule has 0 atom stereocenters. The van der Waals surface area contributed by atoms with Crippen molar-refractivity contribution in [1.82, 2.24) is 0 Å². The molecule has 0 aromatic heterocycles. The maximum Gasteiger partial charge on any atom is 0.383 e. The second-order valence-corrected chi connectivity index (χ2v) is 2.90. The predicted molar refractivity (Wildman–Crippen MR) is 46.6 cm³/mol. The number of carbonyl (C=O) groups excluding carboxylic acids is 5. The Bertz CT molecular complexity index is 332. The molecule has 6 nitrogen and oxygen atoms in total. The topological polar surface area (TPSA) is 94.6 Å². The summed E-state index contributed by atoms with van der Waals surface area (Å²) in [5.74, 6) is -6.96. The van der Waals surface area contributed by atoms with Crippen LogP contribution in [0.1, 0.15) is 20.8 Å². The van der Waals surface area contributed by atoms with Gasteiger partial charge in [0, 0.05) is 24.0 Å². The summed E-state index contributed by atoms with van der Waals surface area (Å²) in [5, 5.41) is 0. The third-order valence-corrected chi connectivity index (χ3v) is 1.51. The van der Waals surface area contributed by atoms with E-state index in [2.05, 4.69) is 4.74 Å². The Morgan fingerprint density at radius 2 is 1.25 bits per heavy atom. The molecule has 0 unspecified atom stereocenters. The van der Waals surface area contributed by atoms with Gasteiger partial charge in [-0.2, -0.15) is 0 Å². The van der Waals surface area contributed by atoms with E-state index in [4.69, 9.17) is 0 Å². The van der Waals surface area contributed by atoms with E-state index in [1.165, 1.54) is 0 Å². The fourth-order valence-electron chi connectivity index (χ4n) is 0.954. The predicted octanol–water partition coefficient (Wildman–Crippen LogP) is -0.563. The van der Waals surface area contributed by atoms with E-state index < -0.39 is 35.2 Å². The van der Waals surface area contributed by atoms with E-state index in [0.29, 0.717) is 0 Å². The first-order chi connectivity index (χ1) is 6.77. The van der Waals surface area contributed by atoms with E-state index in [0.717, 1.165) is 20.8 Å². The van der Waals surface area contributed by atoms with Crippen molar-refractivity contribution < 1.29 is 45.8 Å². The first kappa shape index (κ1) is 17.1. The van der Waals surface area contributed by atoms with Gasteiger partial charge in [0.1, 0.15) is 17.5 Å². The van der Waals surface area contributed by atoms with E-state index in [1.807, 2.05) is 0 Å². The molecule has 0 aromatic rings. The molecular formula is C9H10FeO6. The monoisotopic (exact) mass is 270 g/mol. The second-order valence-electron chi connectivity index (χ2n) is 2.90. The number of hydrogen-bond donors (Lipinski definition) is 0. The normalized spacial score (nSPS) is 9.00. The molecular weight excluding hydrogens is 260 g/mol. The molecule has 0 spiro atoms. The van der Waals surface area contributed by atoms with E-state index in [9.17, 15) is 24.0 Å². The third-order valence-electron chi connectivity index (χ3n) is 1.51. The Morgan fingerprint density at radius 1 is 0.875 bits per heavy atom. The average molecular weight is 270 g/mol. The molecule has 16 heavy (non-hydrogen) atoms. The average Bonchev–Trinajstić information content (AvgIpc) is 2.00. The van der Waals surface area contributed by atoms with Gasteiger partial charge in [0.05, 0.1) is 0 Å². The molecule has 90 valence electrons. The molecule has 0 saturated carbocycles. The summed E-state index contributed by atoms with van der Waals surface area (Å²) < 4.78 is 3.96. The summed E-state index contributed by atoms with van der Waals surface area (Å²) in [5.41, 5.74) is 0. The van der Waals surface area contributed by atoms with Crippen LogP contribution in [0.2, 0.25) is 0 Å². The van der Waals surface area contributed by atoms with Gasteiger partial charge in [0.25, 0.3) is 5.78 Å². The Balaban J connectivity index is 0. The Hall–Kier alpha value is -1.33. The van der Waals surface area contributed by atoms with E-state index in [1.54, 1.807) is 0 Å². The van der Waals surface area contributed by atoms with Crippen LogP contribution >= 0.6 is 0 Å². The molecule has 0 amide bonds.